The summed E-state index contributed by atoms with van der Waals surface area (Å²) >= 11 is 1.22. The molecule has 2 aromatic rings. The molecule has 2 aromatic carbocycles. The first kappa shape index (κ1) is 18.9. The van der Waals surface area contributed by atoms with Gasteiger partial charge in [0.05, 0.1) is 4.92 Å². The number of rotatable bonds is 6. The lowest BCUT2D eigenvalue weighted by Crippen LogP contribution is -2.34. The summed E-state index contributed by atoms with van der Waals surface area (Å²) in [4.78, 5) is 37.1. The van der Waals surface area contributed by atoms with Crippen LogP contribution in [0.4, 0.5) is 11.4 Å². The summed E-state index contributed by atoms with van der Waals surface area (Å²) in [6, 6.07) is 13.6. The summed E-state index contributed by atoms with van der Waals surface area (Å²) < 4.78 is 5.17. The number of carbonyl (C=O) groups excluding carboxylic acids is 2. The standard InChI is InChI=1S/C19H18N2O5S/c1-13(27-16-8-6-15(7-9-16)21(24)25)19(23)26-12-18(22)20-11-10-14-4-2-3-5-17(14)20/h2-9,13H,10-12H2,1H3/t13-/m1/s1. The van der Waals surface area contributed by atoms with Crippen LogP contribution >= 0.6 is 11.8 Å². The third-order valence-electron chi connectivity index (χ3n) is 4.22. The van der Waals surface area contributed by atoms with Gasteiger partial charge in [-0.05, 0) is 37.1 Å². The van der Waals surface area contributed by atoms with Gasteiger partial charge < -0.3 is 9.64 Å². The Morgan fingerprint density at radius 2 is 1.93 bits per heavy atom. The van der Waals surface area contributed by atoms with Crippen molar-refractivity contribution in [2.75, 3.05) is 18.1 Å². The van der Waals surface area contributed by atoms with E-state index < -0.39 is 16.1 Å². The van der Waals surface area contributed by atoms with Gasteiger partial charge in [-0.3, -0.25) is 19.7 Å². The number of non-ortho nitro benzene ring substituents is 1. The average Bonchev–Trinajstić information content (AvgIpc) is 3.10. The molecule has 0 bridgehead atoms. The molecule has 1 aliphatic heterocycles. The fraction of sp³-hybridized carbons (Fsp3) is 0.263. The number of ether oxygens (including phenoxy) is 1. The molecule has 3 rings (SSSR count). The Kier molecular flexibility index (Phi) is 5.75. The molecule has 140 valence electrons. The van der Waals surface area contributed by atoms with Crippen LogP contribution in [0.25, 0.3) is 0 Å². The number of hydrogen-bond acceptors (Lipinski definition) is 6. The van der Waals surface area contributed by atoms with Gasteiger partial charge in [-0.2, -0.15) is 0 Å². The van der Waals surface area contributed by atoms with Crippen LogP contribution in [0.1, 0.15) is 12.5 Å². The number of nitro groups is 1. The number of nitrogens with zero attached hydrogens (tertiary/aromatic N) is 2. The Morgan fingerprint density at radius 1 is 1.22 bits per heavy atom. The molecule has 0 unspecified atom stereocenters. The molecular formula is C19H18N2O5S. The lowest BCUT2D eigenvalue weighted by atomic mass is 10.2. The highest BCUT2D eigenvalue weighted by atomic mass is 32.2. The Hall–Kier alpha value is -2.87. The summed E-state index contributed by atoms with van der Waals surface area (Å²) in [6.07, 6.45) is 0.794. The maximum Gasteiger partial charge on any atom is 0.319 e. The average molecular weight is 386 g/mol. The van der Waals surface area contributed by atoms with E-state index in [1.807, 2.05) is 24.3 Å². The van der Waals surface area contributed by atoms with E-state index in [1.54, 1.807) is 24.0 Å². The predicted molar refractivity (Wildman–Crippen MR) is 102 cm³/mol. The SMILES string of the molecule is C[C@@H](Sc1ccc([N+](=O)[O-])cc1)C(=O)OCC(=O)N1CCc2ccccc21. The van der Waals surface area contributed by atoms with Crippen LogP contribution in [0.5, 0.6) is 0 Å². The summed E-state index contributed by atoms with van der Waals surface area (Å²) in [7, 11) is 0. The van der Waals surface area contributed by atoms with Gasteiger partial charge in [0.25, 0.3) is 11.6 Å². The van der Waals surface area contributed by atoms with Crippen molar-refractivity contribution in [3.8, 4) is 0 Å². The fourth-order valence-electron chi connectivity index (χ4n) is 2.82. The van der Waals surface area contributed by atoms with Gasteiger partial charge >= 0.3 is 5.97 Å². The number of esters is 1. The normalized spacial score (nSPS) is 13.7. The second-order valence-corrected chi connectivity index (χ2v) is 7.46. The number of anilines is 1. The quantitative estimate of drug-likeness (QED) is 0.328. The zero-order valence-electron chi connectivity index (χ0n) is 14.7. The second-order valence-electron chi connectivity index (χ2n) is 6.04. The molecule has 0 saturated heterocycles. The van der Waals surface area contributed by atoms with E-state index in [4.69, 9.17) is 4.74 Å². The third-order valence-corrected chi connectivity index (χ3v) is 5.31. The zero-order chi connectivity index (χ0) is 19.4. The predicted octanol–water partition coefficient (Wildman–Crippen LogP) is 3.21. The van der Waals surface area contributed by atoms with Gasteiger partial charge in [-0.1, -0.05) is 18.2 Å². The van der Waals surface area contributed by atoms with Gasteiger partial charge in [-0.25, -0.2) is 0 Å². The molecule has 1 amide bonds. The number of thioether (sulfide) groups is 1. The number of para-hydroxylation sites is 1. The molecule has 1 atom stereocenters. The van der Waals surface area contributed by atoms with Gasteiger partial charge in [0.2, 0.25) is 0 Å². The molecule has 1 heterocycles. The number of fused-ring (bicyclic) bond motifs is 1. The topological polar surface area (TPSA) is 89.7 Å². The van der Waals surface area contributed by atoms with E-state index >= 15 is 0 Å². The van der Waals surface area contributed by atoms with Crippen molar-refractivity contribution in [3.05, 3.63) is 64.2 Å². The molecule has 0 N–H and O–H groups in total. The van der Waals surface area contributed by atoms with Crippen molar-refractivity contribution >= 4 is 35.0 Å². The van der Waals surface area contributed by atoms with E-state index in [2.05, 4.69) is 0 Å². The van der Waals surface area contributed by atoms with Gasteiger partial charge in [0, 0.05) is 29.3 Å². The zero-order valence-corrected chi connectivity index (χ0v) is 15.5. The van der Waals surface area contributed by atoms with Gasteiger partial charge in [-0.15, -0.1) is 11.8 Å². The van der Waals surface area contributed by atoms with Crippen LogP contribution in [-0.2, 0) is 20.7 Å². The summed E-state index contributed by atoms with van der Waals surface area (Å²) in [6.45, 7) is 1.95. The first-order chi connectivity index (χ1) is 13.0. The summed E-state index contributed by atoms with van der Waals surface area (Å²) in [5.74, 6) is -0.750. The van der Waals surface area contributed by atoms with Crippen molar-refractivity contribution in [3.63, 3.8) is 0 Å². The van der Waals surface area contributed by atoms with Crippen LogP contribution < -0.4 is 4.90 Å². The molecule has 0 aromatic heterocycles. The highest BCUT2D eigenvalue weighted by molar-refractivity contribution is 8.00. The molecule has 0 aliphatic carbocycles. The van der Waals surface area contributed by atoms with Crippen LogP contribution in [0.3, 0.4) is 0 Å². The molecule has 0 radical (unpaired) electrons. The molecule has 0 saturated carbocycles. The van der Waals surface area contributed by atoms with Crippen LogP contribution in [0, 0.1) is 10.1 Å². The van der Waals surface area contributed by atoms with Crippen LogP contribution in [-0.4, -0.2) is 35.2 Å². The summed E-state index contributed by atoms with van der Waals surface area (Å²) in [5.41, 5.74) is 1.97. The van der Waals surface area contributed by atoms with Crippen molar-refractivity contribution in [1.29, 1.82) is 0 Å². The molecule has 0 spiro atoms. The van der Waals surface area contributed by atoms with Crippen molar-refractivity contribution in [1.82, 2.24) is 0 Å². The molecule has 8 heteroatoms. The summed E-state index contributed by atoms with van der Waals surface area (Å²) in [5, 5.41) is 10.1. The molecule has 7 nitrogen and oxygen atoms in total. The number of amides is 1. The molecule has 27 heavy (non-hydrogen) atoms. The Bertz CT molecular complexity index is 869. The van der Waals surface area contributed by atoms with Crippen LogP contribution in [0.2, 0.25) is 0 Å². The van der Waals surface area contributed by atoms with Crippen molar-refractivity contribution in [2.24, 2.45) is 0 Å². The number of benzene rings is 2. The minimum Gasteiger partial charge on any atom is -0.455 e. The lowest BCUT2D eigenvalue weighted by Gasteiger charge is -2.18. The molecular weight excluding hydrogens is 368 g/mol. The van der Waals surface area contributed by atoms with E-state index in [0.717, 1.165) is 17.7 Å². The minimum atomic E-state index is -0.537. The first-order valence-corrected chi connectivity index (χ1v) is 9.29. The maximum absolute atomic E-state index is 12.4. The van der Waals surface area contributed by atoms with Crippen molar-refractivity contribution in [2.45, 2.75) is 23.5 Å². The Balaban J connectivity index is 1.51. The largest absolute Gasteiger partial charge is 0.455 e. The second kappa shape index (κ2) is 8.22. The number of hydrogen-bond donors (Lipinski definition) is 0. The van der Waals surface area contributed by atoms with Crippen LogP contribution in [0.15, 0.2) is 53.4 Å². The third kappa shape index (κ3) is 4.46. The lowest BCUT2D eigenvalue weighted by molar-refractivity contribution is -0.384. The molecule has 1 aliphatic rings. The smallest absolute Gasteiger partial charge is 0.319 e. The highest BCUT2D eigenvalue weighted by Gasteiger charge is 2.26. The Morgan fingerprint density at radius 3 is 2.63 bits per heavy atom. The minimum absolute atomic E-state index is 0.00827. The Labute approximate surface area is 160 Å². The molecule has 0 fully saturated rings. The number of carbonyl (C=O) groups is 2. The maximum atomic E-state index is 12.4. The van der Waals surface area contributed by atoms with E-state index in [-0.39, 0.29) is 18.2 Å². The van der Waals surface area contributed by atoms with Crippen molar-refractivity contribution < 1.29 is 19.2 Å². The van der Waals surface area contributed by atoms with E-state index in [9.17, 15) is 19.7 Å². The first-order valence-electron chi connectivity index (χ1n) is 8.41. The van der Waals surface area contributed by atoms with E-state index in [0.29, 0.717) is 11.4 Å². The van der Waals surface area contributed by atoms with Gasteiger partial charge in [0.15, 0.2) is 6.61 Å². The van der Waals surface area contributed by atoms with E-state index in [1.165, 1.54) is 23.9 Å². The highest BCUT2D eigenvalue weighted by Crippen LogP contribution is 2.28. The monoisotopic (exact) mass is 386 g/mol. The van der Waals surface area contributed by atoms with Gasteiger partial charge in [0.1, 0.15) is 5.25 Å². The fourth-order valence-corrected chi connectivity index (χ4v) is 3.69. The number of nitro benzene ring substituents is 1.